The van der Waals surface area contributed by atoms with Crippen LogP contribution < -0.4 is 34.5 Å². The molecule has 2 heterocycles. The second kappa shape index (κ2) is 8.40. The van der Waals surface area contributed by atoms with Crippen LogP contribution in [0, 0.1) is 0 Å². The number of urea groups is 1. The van der Waals surface area contributed by atoms with Gasteiger partial charge in [-0.2, -0.15) is 0 Å². The van der Waals surface area contributed by atoms with Gasteiger partial charge in [0, 0.05) is 36.5 Å². The lowest BCUT2D eigenvalue weighted by molar-refractivity contribution is -0.117. The summed E-state index contributed by atoms with van der Waals surface area (Å²) in [5.74, 6) is 2.29. The molecule has 0 bridgehead atoms. The number of hydrogen-bond acceptors (Lipinski definition) is 6. The van der Waals surface area contributed by atoms with E-state index in [9.17, 15) is 9.59 Å². The average molecular weight is 413 g/mol. The number of anilines is 2. The molecule has 2 aliphatic rings. The van der Waals surface area contributed by atoms with E-state index in [4.69, 9.17) is 18.9 Å². The molecule has 1 unspecified atom stereocenters. The Morgan fingerprint density at radius 1 is 1.03 bits per heavy atom. The topological polar surface area (TPSA) is 98.4 Å². The molecule has 158 valence electrons. The fraction of sp³-hybridized carbons (Fsp3) is 0.333. The fourth-order valence-electron chi connectivity index (χ4n) is 3.52. The second-order valence-electron chi connectivity index (χ2n) is 6.90. The van der Waals surface area contributed by atoms with E-state index in [2.05, 4.69) is 10.6 Å². The number of ether oxygens (including phenoxy) is 4. The number of methoxy groups -OCH3 is 2. The largest absolute Gasteiger partial charge is 0.493 e. The smallest absolute Gasteiger partial charge is 0.319 e. The molecule has 0 aromatic heterocycles. The van der Waals surface area contributed by atoms with Crippen LogP contribution in [0.4, 0.5) is 16.2 Å². The summed E-state index contributed by atoms with van der Waals surface area (Å²) in [6.45, 7) is 1.34. The van der Waals surface area contributed by atoms with Gasteiger partial charge in [-0.05, 0) is 24.3 Å². The lowest BCUT2D eigenvalue weighted by atomic mass is 10.2. The number of benzene rings is 2. The van der Waals surface area contributed by atoms with Crippen LogP contribution in [0.15, 0.2) is 36.4 Å². The molecule has 0 aliphatic carbocycles. The highest BCUT2D eigenvalue weighted by atomic mass is 16.6. The Hall–Kier alpha value is -3.62. The normalized spacial score (nSPS) is 17.5. The molecule has 2 aliphatic heterocycles. The maximum Gasteiger partial charge on any atom is 0.319 e. The van der Waals surface area contributed by atoms with Gasteiger partial charge in [0.1, 0.15) is 13.2 Å². The van der Waals surface area contributed by atoms with Crippen molar-refractivity contribution in [3.05, 3.63) is 36.4 Å². The SMILES string of the molecule is COc1ccc(N2CC(NC(=O)Nc3ccc4c(c3)OCCO4)CC2=O)cc1OC. The third kappa shape index (κ3) is 4.05. The van der Waals surface area contributed by atoms with Crippen molar-refractivity contribution in [2.75, 3.05) is 44.2 Å². The summed E-state index contributed by atoms with van der Waals surface area (Å²) in [6.07, 6.45) is 0.211. The highest BCUT2D eigenvalue weighted by molar-refractivity contribution is 5.98. The van der Waals surface area contributed by atoms with Gasteiger partial charge in [-0.15, -0.1) is 0 Å². The third-order valence-corrected chi connectivity index (χ3v) is 4.94. The van der Waals surface area contributed by atoms with Crippen LogP contribution in [0.2, 0.25) is 0 Å². The lowest BCUT2D eigenvalue weighted by Gasteiger charge is -2.20. The van der Waals surface area contributed by atoms with E-state index in [1.165, 1.54) is 0 Å². The molecular weight excluding hydrogens is 390 g/mol. The van der Waals surface area contributed by atoms with Crippen molar-refractivity contribution < 1.29 is 28.5 Å². The molecule has 1 fully saturated rings. The summed E-state index contributed by atoms with van der Waals surface area (Å²) in [7, 11) is 3.10. The molecule has 0 saturated carbocycles. The van der Waals surface area contributed by atoms with E-state index in [0.29, 0.717) is 54.1 Å². The van der Waals surface area contributed by atoms with Crippen molar-refractivity contribution in [3.63, 3.8) is 0 Å². The first-order chi connectivity index (χ1) is 14.6. The summed E-state index contributed by atoms with van der Waals surface area (Å²) in [6, 6.07) is 9.78. The quantitative estimate of drug-likeness (QED) is 0.781. The van der Waals surface area contributed by atoms with Crippen molar-refractivity contribution in [1.29, 1.82) is 0 Å². The van der Waals surface area contributed by atoms with Gasteiger partial charge in [0.2, 0.25) is 5.91 Å². The standard InChI is InChI=1S/C21H23N3O6/c1-27-16-6-4-15(11-18(16)28-2)24-12-14(10-20(24)25)23-21(26)22-13-3-5-17-19(9-13)30-8-7-29-17/h3-6,9,11,14H,7-8,10,12H2,1-2H3,(H2,22,23,26). The first kappa shape index (κ1) is 19.7. The minimum absolute atomic E-state index is 0.0770. The van der Waals surface area contributed by atoms with Gasteiger partial charge in [-0.1, -0.05) is 0 Å². The van der Waals surface area contributed by atoms with Crippen LogP contribution in [-0.4, -0.2) is 52.0 Å². The predicted octanol–water partition coefficient (Wildman–Crippen LogP) is 2.40. The van der Waals surface area contributed by atoms with Gasteiger partial charge < -0.3 is 34.5 Å². The minimum atomic E-state index is -0.390. The molecule has 2 N–H and O–H groups in total. The Kier molecular flexibility index (Phi) is 5.51. The predicted molar refractivity (Wildman–Crippen MR) is 110 cm³/mol. The molecule has 4 rings (SSSR count). The van der Waals surface area contributed by atoms with Crippen molar-refractivity contribution in [2.24, 2.45) is 0 Å². The van der Waals surface area contributed by atoms with Crippen LogP contribution in [0.3, 0.4) is 0 Å². The second-order valence-corrected chi connectivity index (χ2v) is 6.90. The fourth-order valence-corrected chi connectivity index (χ4v) is 3.52. The van der Waals surface area contributed by atoms with Crippen LogP contribution in [0.25, 0.3) is 0 Å². The molecule has 3 amide bonds. The Labute approximate surface area is 173 Å². The zero-order valence-electron chi connectivity index (χ0n) is 16.8. The maximum absolute atomic E-state index is 12.5. The Morgan fingerprint density at radius 3 is 2.57 bits per heavy atom. The highest BCUT2D eigenvalue weighted by Crippen LogP contribution is 2.34. The number of rotatable bonds is 5. The molecular formula is C21H23N3O6. The molecule has 9 heteroatoms. The number of carbonyl (C=O) groups is 2. The molecule has 2 aromatic rings. The van der Waals surface area contributed by atoms with Crippen molar-refractivity contribution >= 4 is 23.3 Å². The van der Waals surface area contributed by atoms with Gasteiger partial charge in [0.05, 0.1) is 20.3 Å². The average Bonchev–Trinajstić information content (AvgIpc) is 3.12. The van der Waals surface area contributed by atoms with Gasteiger partial charge in [-0.3, -0.25) is 4.79 Å². The van der Waals surface area contributed by atoms with Gasteiger partial charge >= 0.3 is 6.03 Å². The van der Waals surface area contributed by atoms with E-state index in [1.54, 1.807) is 55.5 Å². The molecule has 9 nitrogen and oxygen atoms in total. The van der Waals surface area contributed by atoms with Crippen LogP contribution in [-0.2, 0) is 4.79 Å². The van der Waals surface area contributed by atoms with Crippen LogP contribution in [0.5, 0.6) is 23.0 Å². The van der Waals surface area contributed by atoms with Crippen LogP contribution in [0.1, 0.15) is 6.42 Å². The number of fused-ring (bicyclic) bond motifs is 1. The zero-order valence-corrected chi connectivity index (χ0v) is 16.8. The van der Waals surface area contributed by atoms with E-state index < -0.39 is 6.03 Å². The van der Waals surface area contributed by atoms with E-state index in [1.807, 2.05) is 0 Å². The number of carbonyl (C=O) groups excluding carboxylic acids is 2. The monoisotopic (exact) mass is 413 g/mol. The summed E-state index contributed by atoms with van der Waals surface area (Å²) in [4.78, 5) is 26.5. The first-order valence-electron chi connectivity index (χ1n) is 9.57. The Balaban J connectivity index is 1.38. The number of amides is 3. The summed E-state index contributed by atoms with van der Waals surface area (Å²) in [5, 5.41) is 5.62. The van der Waals surface area contributed by atoms with E-state index in [0.717, 1.165) is 0 Å². The van der Waals surface area contributed by atoms with Gasteiger partial charge in [0.15, 0.2) is 23.0 Å². The maximum atomic E-state index is 12.5. The highest BCUT2D eigenvalue weighted by Gasteiger charge is 2.32. The number of nitrogens with one attached hydrogen (secondary N) is 2. The van der Waals surface area contributed by atoms with Crippen molar-refractivity contribution in [2.45, 2.75) is 12.5 Å². The van der Waals surface area contributed by atoms with E-state index in [-0.39, 0.29) is 18.4 Å². The first-order valence-corrected chi connectivity index (χ1v) is 9.57. The zero-order chi connectivity index (χ0) is 21.1. The molecule has 0 radical (unpaired) electrons. The lowest BCUT2D eigenvalue weighted by Crippen LogP contribution is -2.39. The van der Waals surface area contributed by atoms with Crippen molar-refractivity contribution in [3.8, 4) is 23.0 Å². The third-order valence-electron chi connectivity index (χ3n) is 4.94. The number of nitrogens with zero attached hydrogens (tertiary/aromatic N) is 1. The van der Waals surface area contributed by atoms with Gasteiger partial charge in [0.25, 0.3) is 0 Å². The molecule has 0 spiro atoms. The molecule has 2 aromatic carbocycles. The van der Waals surface area contributed by atoms with Crippen LogP contribution >= 0.6 is 0 Å². The molecule has 1 saturated heterocycles. The Bertz CT molecular complexity index is 964. The Morgan fingerprint density at radius 2 is 1.80 bits per heavy atom. The van der Waals surface area contributed by atoms with E-state index >= 15 is 0 Å². The molecule has 1 atom stereocenters. The van der Waals surface area contributed by atoms with Crippen molar-refractivity contribution in [1.82, 2.24) is 5.32 Å². The molecule has 30 heavy (non-hydrogen) atoms. The van der Waals surface area contributed by atoms with Gasteiger partial charge in [-0.25, -0.2) is 4.79 Å². The number of hydrogen-bond donors (Lipinski definition) is 2. The summed E-state index contributed by atoms with van der Waals surface area (Å²) >= 11 is 0. The summed E-state index contributed by atoms with van der Waals surface area (Å²) in [5.41, 5.74) is 1.27. The minimum Gasteiger partial charge on any atom is -0.493 e. The summed E-state index contributed by atoms with van der Waals surface area (Å²) < 4.78 is 21.5.